The van der Waals surface area contributed by atoms with Crippen LogP contribution < -0.4 is 4.90 Å². The van der Waals surface area contributed by atoms with E-state index >= 15 is 0 Å². The van der Waals surface area contributed by atoms with Crippen molar-refractivity contribution in [3.05, 3.63) is 29.8 Å². The quantitative estimate of drug-likeness (QED) is 0.719. The maximum Gasteiger partial charge on any atom is 0.229 e. The van der Waals surface area contributed by atoms with Gasteiger partial charge in [0.05, 0.1) is 13.0 Å². The molecule has 0 unspecified atom stereocenters. The largest absolute Gasteiger partial charge is 0.381 e. The lowest BCUT2D eigenvalue weighted by atomic mass is 10.2. The Bertz CT molecular complexity index is 449. The number of anilines is 1. The molecule has 1 aromatic rings. The van der Waals surface area contributed by atoms with Crippen molar-refractivity contribution >= 4 is 11.6 Å². The minimum atomic E-state index is -0.954. The highest BCUT2D eigenvalue weighted by Gasteiger charge is 2.15. The number of amides is 1. The smallest absolute Gasteiger partial charge is 0.229 e. The number of hydrogen-bond acceptors (Lipinski definition) is 2. The van der Waals surface area contributed by atoms with Crippen molar-refractivity contribution in [1.29, 1.82) is 0 Å². The zero-order valence-electron chi connectivity index (χ0n) is 12.2. The summed E-state index contributed by atoms with van der Waals surface area (Å²) in [4.78, 5) is 13.5. The standard InChI is InChI=1S/C15H21F2NO2/c1-4-18(12-5-6-13(16)14(17)9-12)15(19)7-8-20-10-11(2)3/h5-6,9,11H,4,7-8,10H2,1-3H3. The van der Waals surface area contributed by atoms with Crippen molar-refractivity contribution in [2.45, 2.75) is 27.2 Å². The zero-order chi connectivity index (χ0) is 15.1. The van der Waals surface area contributed by atoms with Gasteiger partial charge in [0.25, 0.3) is 0 Å². The Morgan fingerprint density at radius 1 is 1.30 bits per heavy atom. The first-order chi connectivity index (χ1) is 9.45. The molecule has 0 aliphatic rings. The number of ether oxygens (including phenoxy) is 1. The van der Waals surface area contributed by atoms with Gasteiger partial charge in [-0.15, -0.1) is 0 Å². The predicted molar refractivity (Wildman–Crippen MR) is 74.7 cm³/mol. The Kier molecular flexibility index (Phi) is 6.58. The Labute approximate surface area is 118 Å². The van der Waals surface area contributed by atoms with Gasteiger partial charge in [-0.3, -0.25) is 4.79 Å². The summed E-state index contributed by atoms with van der Waals surface area (Å²) in [5, 5.41) is 0. The second kappa shape index (κ2) is 7.94. The van der Waals surface area contributed by atoms with E-state index in [1.807, 2.05) is 13.8 Å². The molecule has 20 heavy (non-hydrogen) atoms. The van der Waals surface area contributed by atoms with E-state index in [-0.39, 0.29) is 12.3 Å². The summed E-state index contributed by atoms with van der Waals surface area (Å²) in [5.74, 6) is -1.62. The Hall–Kier alpha value is -1.49. The molecule has 0 saturated heterocycles. The molecule has 0 aliphatic heterocycles. The topological polar surface area (TPSA) is 29.5 Å². The van der Waals surface area contributed by atoms with Gasteiger partial charge >= 0.3 is 0 Å². The molecule has 0 saturated carbocycles. The van der Waals surface area contributed by atoms with Crippen LogP contribution in [0.2, 0.25) is 0 Å². The van der Waals surface area contributed by atoms with Crippen molar-refractivity contribution in [3.63, 3.8) is 0 Å². The molecule has 0 heterocycles. The van der Waals surface area contributed by atoms with E-state index in [2.05, 4.69) is 0 Å². The minimum absolute atomic E-state index is 0.165. The first-order valence-electron chi connectivity index (χ1n) is 6.78. The Morgan fingerprint density at radius 3 is 2.55 bits per heavy atom. The number of halogens is 2. The third kappa shape index (κ3) is 4.89. The predicted octanol–water partition coefficient (Wildman–Crippen LogP) is 3.38. The van der Waals surface area contributed by atoms with Crippen LogP contribution in [0.1, 0.15) is 27.2 Å². The average Bonchev–Trinajstić information content (AvgIpc) is 2.39. The van der Waals surface area contributed by atoms with Crippen LogP contribution in [-0.4, -0.2) is 25.7 Å². The third-order valence-corrected chi connectivity index (χ3v) is 2.74. The van der Waals surface area contributed by atoms with Crippen LogP contribution in [-0.2, 0) is 9.53 Å². The monoisotopic (exact) mass is 285 g/mol. The van der Waals surface area contributed by atoms with E-state index in [1.165, 1.54) is 11.0 Å². The van der Waals surface area contributed by atoms with Gasteiger partial charge in [0.2, 0.25) is 5.91 Å². The first kappa shape index (κ1) is 16.6. The van der Waals surface area contributed by atoms with E-state index in [1.54, 1.807) is 6.92 Å². The summed E-state index contributed by atoms with van der Waals surface area (Å²) in [5.41, 5.74) is 0.361. The number of benzene rings is 1. The molecule has 1 rings (SSSR count). The average molecular weight is 285 g/mol. The number of nitrogens with zero attached hydrogens (tertiary/aromatic N) is 1. The van der Waals surface area contributed by atoms with Crippen molar-refractivity contribution < 1.29 is 18.3 Å². The molecule has 0 N–H and O–H groups in total. The fourth-order valence-corrected chi connectivity index (χ4v) is 1.77. The van der Waals surface area contributed by atoms with Crippen molar-refractivity contribution in [2.24, 2.45) is 5.92 Å². The fraction of sp³-hybridized carbons (Fsp3) is 0.533. The van der Waals surface area contributed by atoms with Crippen LogP contribution in [0.3, 0.4) is 0 Å². The van der Waals surface area contributed by atoms with E-state index in [9.17, 15) is 13.6 Å². The molecule has 0 bridgehead atoms. The minimum Gasteiger partial charge on any atom is -0.381 e. The maximum absolute atomic E-state index is 13.2. The van der Waals surface area contributed by atoms with Gasteiger partial charge in [-0.05, 0) is 25.0 Å². The normalized spacial score (nSPS) is 10.9. The summed E-state index contributed by atoms with van der Waals surface area (Å²) >= 11 is 0. The molecule has 5 heteroatoms. The second-order valence-corrected chi connectivity index (χ2v) is 4.96. The van der Waals surface area contributed by atoms with Crippen LogP contribution in [0.4, 0.5) is 14.5 Å². The van der Waals surface area contributed by atoms with Crippen LogP contribution in [0.15, 0.2) is 18.2 Å². The van der Waals surface area contributed by atoms with Crippen LogP contribution in [0, 0.1) is 17.6 Å². The lowest BCUT2D eigenvalue weighted by Crippen LogP contribution is -2.31. The Balaban J connectivity index is 2.60. The molecule has 0 aliphatic carbocycles. The van der Waals surface area contributed by atoms with Crippen molar-refractivity contribution in [1.82, 2.24) is 0 Å². The summed E-state index contributed by atoms with van der Waals surface area (Å²) in [6.45, 7) is 7.17. The highest BCUT2D eigenvalue weighted by atomic mass is 19.2. The molecular formula is C15H21F2NO2. The highest BCUT2D eigenvalue weighted by Crippen LogP contribution is 2.18. The molecule has 112 valence electrons. The molecule has 0 atom stereocenters. The highest BCUT2D eigenvalue weighted by molar-refractivity contribution is 5.93. The lowest BCUT2D eigenvalue weighted by molar-refractivity contribution is -0.119. The SMILES string of the molecule is CCN(C(=O)CCOCC(C)C)c1ccc(F)c(F)c1. The van der Waals surface area contributed by atoms with Gasteiger partial charge in [-0.1, -0.05) is 13.8 Å². The maximum atomic E-state index is 13.2. The lowest BCUT2D eigenvalue weighted by Gasteiger charge is -2.21. The molecule has 0 radical (unpaired) electrons. The van der Waals surface area contributed by atoms with Crippen molar-refractivity contribution in [2.75, 3.05) is 24.7 Å². The summed E-state index contributed by atoms with van der Waals surface area (Å²) in [6, 6.07) is 3.45. The number of hydrogen-bond donors (Lipinski definition) is 0. The van der Waals surface area contributed by atoms with E-state index < -0.39 is 11.6 Å². The first-order valence-corrected chi connectivity index (χ1v) is 6.78. The van der Waals surface area contributed by atoms with Crippen LogP contribution in [0.25, 0.3) is 0 Å². The van der Waals surface area contributed by atoms with Gasteiger partial charge in [-0.2, -0.15) is 0 Å². The van der Waals surface area contributed by atoms with Crippen LogP contribution in [0.5, 0.6) is 0 Å². The number of rotatable bonds is 7. The Morgan fingerprint density at radius 2 is 2.00 bits per heavy atom. The zero-order valence-corrected chi connectivity index (χ0v) is 12.2. The van der Waals surface area contributed by atoms with Crippen LogP contribution >= 0.6 is 0 Å². The van der Waals surface area contributed by atoms with Gasteiger partial charge < -0.3 is 9.64 Å². The molecule has 0 fully saturated rings. The number of carbonyl (C=O) groups excluding carboxylic acids is 1. The van der Waals surface area contributed by atoms with Gasteiger partial charge in [0.15, 0.2) is 11.6 Å². The van der Waals surface area contributed by atoms with Crippen molar-refractivity contribution in [3.8, 4) is 0 Å². The molecule has 1 aromatic carbocycles. The van der Waals surface area contributed by atoms with Gasteiger partial charge in [-0.25, -0.2) is 8.78 Å². The second-order valence-electron chi connectivity index (χ2n) is 4.96. The molecule has 3 nitrogen and oxygen atoms in total. The summed E-state index contributed by atoms with van der Waals surface area (Å²) < 4.78 is 31.4. The van der Waals surface area contributed by atoms with Gasteiger partial charge in [0.1, 0.15) is 0 Å². The van der Waals surface area contributed by atoms with E-state index in [0.29, 0.717) is 31.4 Å². The third-order valence-electron chi connectivity index (χ3n) is 2.74. The summed E-state index contributed by atoms with van der Waals surface area (Å²) in [6.07, 6.45) is 0.222. The summed E-state index contributed by atoms with van der Waals surface area (Å²) in [7, 11) is 0. The van der Waals surface area contributed by atoms with E-state index in [4.69, 9.17) is 4.74 Å². The molecule has 0 spiro atoms. The van der Waals surface area contributed by atoms with Gasteiger partial charge in [0, 0.05) is 24.9 Å². The molecule has 1 amide bonds. The number of carbonyl (C=O) groups is 1. The molecule has 0 aromatic heterocycles. The van der Waals surface area contributed by atoms with E-state index in [0.717, 1.165) is 12.1 Å². The molecular weight excluding hydrogens is 264 g/mol. The fourth-order valence-electron chi connectivity index (χ4n) is 1.77.